The van der Waals surface area contributed by atoms with Crippen molar-refractivity contribution in [3.05, 3.63) is 0 Å². The van der Waals surface area contributed by atoms with Gasteiger partial charge in [-0.05, 0) is 56.4 Å². The van der Waals surface area contributed by atoms with Gasteiger partial charge >= 0.3 is 0 Å². The van der Waals surface area contributed by atoms with Gasteiger partial charge in [0, 0.05) is 19.1 Å². The van der Waals surface area contributed by atoms with Crippen LogP contribution in [0.15, 0.2) is 0 Å². The first-order valence-electron chi connectivity index (χ1n) is 8.70. The third-order valence-corrected chi connectivity index (χ3v) is 5.52. The zero-order valence-corrected chi connectivity index (χ0v) is 13.1. The Hall–Kier alpha value is -0.0800. The van der Waals surface area contributed by atoms with Crippen molar-refractivity contribution >= 4 is 0 Å². The fourth-order valence-electron chi connectivity index (χ4n) is 4.25. The molecule has 0 aromatic rings. The van der Waals surface area contributed by atoms with Crippen molar-refractivity contribution in [2.45, 2.75) is 71.3 Å². The molecule has 2 aliphatic rings. The van der Waals surface area contributed by atoms with Crippen molar-refractivity contribution in [1.82, 2.24) is 4.90 Å². The highest BCUT2D eigenvalue weighted by Gasteiger charge is 2.30. The first-order valence-corrected chi connectivity index (χ1v) is 8.70. The van der Waals surface area contributed by atoms with Gasteiger partial charge in [-0.25, -0.2) is 0 Å². The van der Waals surface area contributed by atoms with Gasteiger partial charge in [-0.15, -0.1) is 0 Å². The van der Waals surface area contributed by atoms with E-state index in [1.54, 1.807) is 0 Å². The van der Waals surface area contributed by atoms with Gasteiger partial charge < -0.3 is 10.6 Å². The van der Waals surface area contributed by atoms with Crippen LogP contribution in [0.2, 0.25) is 0 Å². The monoisotopic (exact) mass is 266 g/mol. The smallest absolute Gasteiger partial charge is 0.00795 e. The van der Waals surface area contributed by atoms with Crippen LogP contribution < -0.4 is 5.73 Å². The minimum Gasteiger partial charge on any atom is -0.327 e. The molecule has 4 atom stereocenters. The second-order valence-corrected chi connectivity index (χ2v) is 7.07. The normalized spacial score (nSPS) is 37.4. The summed E-state index contributed by atoms with van der Waals surface area (Å²) in [5.41, 5.74) is 6.40. The Morgan fingerprint density at radius 3 is 2.68 bits per heavy atom. The van der Waals surface area contributed by atoms with Crippen molar-refractivity contribution in [2.75, 3.05) is 19.6 Å². The van der Waals surface area contributed by atoms with E-state index in [1.807, 2.05) is 0 Å². The predicted octanol–water partition coefficient (Wildman–Crippen LogP) is 3.65. The molecule has 0 aromatic carbocycles. The molecule has 2 fully saturated rings. The molecule has 4 unspecified atom stereocenters. The number of likely N-dealkylation sites (tertiary alicyclic amines) is 1. The summed E-state index contributed by atoms with van der Waals surface area (Å²) in [7, 11) is 0. The lowest BCUT2D eigenvalue weighted by atomic mass is 9.76. The topological polar surface area (TPSA) is 29.3 Å². The molecule has 1 aliphatic carbocycles. The Balaban J connectivity index is 1.82. The van der Waals surface area contributed by atoms with E-state index < -0.39 is 0 Å². The summed E-state index contributed by atoms with van der Waals surface area (Å²) in [6.45, 7) is 8.59. The van der Waals surface area contributed by atoms with Crippen molar-refractivity contribution in [2.24, 2.45) is 23.5 Å². The maximum atomic E-state index is 6.40. The lowest BCUT2D eigenvalue weighted by Gasteiger charge is -2.40. The molecule has 1 saturated heterocycles. The molecular weight excluding hydrogens is 232 g/mol. The van der Waals surface area contributed by atoms with Crippen LogP contribution in [0, 0.1) is 17.8 Å². The molecular formula is C17H34N2. The van der Waals surface area contributed by atoms with E-state index in [1.165, 1.54) is 71.0 Å². The number of nitrogens with zero attached hydrogens (tertiary/aromatic N) is 1. The Morgan fingerprint density at radius 2 is 1.95 bits per heavy atom. The summed E-state index contributed by atoms with van der Waals surface area (Å²) in [6.07, 6.45) is 11.0. The molecule has 0 aromatic heterocycles. The minimum absolute atomic E-state index is 0.468. The quantitative estimate of drug-likeness (QED) is 0.823. The standard InChI is InChI=1S/C17H34N2/c1-3-6-15-8-9-17(18)16(11-15)13-19-10-5-7-14(4-2)12-19/h14-17H,3-13,18H2,1-2H3. The summed E-state index contributed by atoms with van der Waals surface area (Å²) in [6, 6.07) is 0.468. The molecule has 0 radical (unpaired) electrons. The maximum absolute atomic E-state index is 6.40. The van der Waals surface area contributed by atoms with Gasteiger partial charge in [0.15, 0.2) is 0 Å². The molecule has 1 heterocycles. The largest absolute Gasteiger partial charge is 0.327 e. The van der Waals surface area contributed by atoms with E-state index in [-0.39, 0.29) is 0 Å². The van der Waals surface area contributed by atoms with Crippen LogP contribution in [0.4, 0.5) is 0 Å². The highest BCUT2D eigenvalue weighted by molar-refractivity contribution is 4.85. The molecule has 2 N–H and O–H groups in total. The van der Waals surface area contributed by atoms with Gasteiger partial charge in [0.05, 0.1) is 0 Å². The van der Waals surface area contributed by atoms with Crippen LogP contribution in [-0.4, -0.2) is 30.6 Å². The zero-order valence-electron chi connectivity index (χ0n) is 13.1. The van der Waals surface area contributed by atoms with Gasteiger partial charge in [0.1, 0.15) is 0 Å². The lowest BCUT2D eigenvalue weighted by Crippen LogP contribution is -2.45. The fourth-order valence-corrected chi connectivity index (χ4v) is 4.25. The van der Waals surface area contributed by atoms with Crippen LogP contribution in [0.5, 0.6) is 0 Å². The van der Waals surface area contributed by atoms with Crippen molar-refractivity contribution in [1.29, 1.82) is 0 Å². The fraction of sp³-hybridized carbons (Fsp3) is 1.00. The van der Waals surface area contributed by atoms with Crippen LogP contribution in [0.3, 0.4) is 0 Å². The molecule has 1 saturated carbocycles. The van der Waals surface area contributed by atoms with Gasteiger partial charge in [0.25, 0.3) is 0 Å². The lowest BCUT2D eigenvalue weighted by molar-refractivity contribution is 0.112. The third kappa shape index (κ3) is 4.46. The molecule has 112 valence electrons. The maximum Gasteiger partial charge on any atom is 0.00795 e. The summed E-state index contributed by atoms with van der Waals surface area (Å²) in [5, 5.41) is 0. The predicted molar refractivity (Wildman–Crippen MR) is 83.2 cm³/mol. The summed E-state index contributed by atoms with van der Waals surface area (Å²) in [5.74, 6) is 2.67. The van der Waals surface area contributed by atoms with Gasteiger partial charge in [-0.1, -0.05) is 33.1 Å². The van der Waals surface area contributed by atoms with Gasteiger partial charge in [0.2, 0.25) is 0 Å². The SMILES string of the molecule is CCCC1CCC(N)C(CN2CCCC(CC)C2)C1. The Kier molecular flexibility index (Phi) is 6.15. The molecule has 19 heavy (non-hydrogen) atoms. The molecule has 1 aliphatic heterocycles. The summed E-state index contributed by atoms with van der Waals surface area (Å²) in [4.78, 5) is 2.72. The highest BCUT2D eigenvalue weighted by atomic mass is 15.1. The Morgan fingerprint density at radius 1 is 1.11 bits per heavy atom. The summed E-state index contributed by atoms with van der Waals surface area (Å²) >= 11 is 0. The van der Waals surface area contributed by atoms with Gasteiger partial charge in [-0.3, -0.25) is 0 Å². The second-order valence-electron chi connectivity index (χ2n) is 7.07. The van der Waals surface area contributed by atoms with Crippen LogP contribution in [0.1, 0.15) is 65.2 Å². The van der Waals surface area contributed by atoms with Gasteiger partial charge in [-0.2, -0.15) is 0 Å². The van der Waals surface area contributed by atoms with E-state index in [4.69, 9.17) is 5.73 Å². The number of hydrogen-bond donors (Lipinski definition) is 1. The first kappa shape index (κ1) is 15.3. The zero-order chi connectivity index (χ0) is 13.7. The van der Waals surface area contributed by atoms with Crippen LogP contribution >= 0.6 is 0 Å². The van der Waals surface area contributed by atoms with Crippen molar-refractivity contribution in [3.8, 4) is 0 Å². The average Bonchev–Trinajstić information content (AvgIpc) is 2.43. The Bertz CT molecular complexity index is 254. The molecule has 0 spiro atoms. The first-order chi connectivity index (χ1) is 9.22. The molecule has 2 nitrogen and oxygen atoms in total. The van der Waals surface area contributed by atoms with Crippen LogP contribution in [-0.2, 0) is 0 Å². The number of nitrogens with two attached hydrogens (primary N) is 1. The van der Waals surface area contributed by atoms with E-state index in [9.17, 15) is 0 Å². The Labute approximate surface area is 120 Å². The van der Waals surface area contributed by atoms with E-state index in [0.717, 1.165) is 17.8 Å². The number of hydrogen-bond acceptors (Lipinski definition) is 2. The molecule has 2 rings (SSSR count). The third-order valence-electron chi connectivity index (χ3n) is 5.52. The van der Waals surface area contributed by atoms with Crippen molar-refractivity contribution in [3.63, 3.8) is 0 Å². The van der Waals surface area contributed by atoms with E-state index in [2.05, 4.69) is 18.7 Å². The highest BCUT2D eigenvalue weighted by Crippen LogP contribution is 2.32. The average molecular weight is 266 g/mol. The number of rotatable bonds is 5. The van der Waals surface area contributed by atoms with Crippen LogP contribution in [0.25, 0.3) is 0 Å². The molecule has 0 amide bonds. The second kappa shape index (κ2) is 7.64. The van der Waals surface area contributed by atoms with E-state index in [0.29, 0.717) is 6.04 Å². The van der Waals surface area contributed by atoms with E-state index >= 15 is 0 Å². The molecule has 0 bridgehead atoms. The number of piperidine rings is 1. The molecule has 2 heteroatoms. The summed E-state index contributed by atoms with van der Waals surface area (Å²) < 4.78 is 0. The minimum atomic E-state index is 0.468. The van der Waals surface area contributed by atoms with Crippen molar-refractivity contribution < 1.29 is 0 Å².